The van der Waals surface area contributed by atoms with Crippen molar-refractivity contribution < 1.29 is 4.52 Å². The summed E-state index contributed by atoms with van der Waals surface area (Å²) in [7, 11) is 0. The summed E-state index contributed by atoms with van der Waals surface area (Å²) in [5.74, 6) is 1.34. The van der Waals surface area contributed by atoms with Crippen molar-refractivity contribution in [3.63, 3.8) is 0 Å². The second-order valence-corrected chi connectivity index (χ2v) is 7.90. The van der Waals surface area contributed by atoms with E-state index in [2.05, 4.69) is 35.9 Å². The highest BCUT2D eigenvalue weighted by molar-refractivity contribution is 7.99. The number of hydrogen-bond acceptors (Lipinski definition) is 6. The summed E-state index contributed by atoms with van der Waals surface area (Å²) in [4.78, 5) is 13.8. The molecule has 0 saturated carbocycles. The highest BCUT2D eigenvalue weighted by Crippen LogP contribution is 2.35. The molecular formula is C17H20N4OS. The second kappa shape index (κ2) is 5.92. The molecule has 1 aromatic carbocycles. The predicted octanol–water partition coefficient (Wildman–Crippen LogP) is 4.47. The minimum atomic E-state index is -0.120. The fourth-order valence-corrected chi connectivity index (χ4v) is 3.01. The van der Waals surface area contributed by atoms with Crippen LogP contribution in [0.4, 0.5) is 0 Å². The number of para-hydroxylation sites is 2. The molecule has 0 N–H and O–H groups in total. The molecule has 2 heterocycles. The Morgan fingerprint density at radius 2 is 1.70 bits per heavy atom. The number of thioether (sulfide) groups is 1. The molecule has 0 fully saturated rings. The van der Waals surface area contributed by atoms with Crippen molar-refractivity contribution in [1.82, 2.24) is 20.1 Å². The fourth-order valence-electron chi connectivity index (χ4n) is 2.11. The molecule has 0 saturated heterocycles. The van der Waals surface area contributed by atoms with Crippen LogP contribution in [0.25, 0.3) is 11.0 Å². The molecule has 0 bridgehead atoms. The minimum Gasteiger partial charge on any atom is -0.338 e. The van der Waals surface area contributed by atoms with Crippen LogP contribution < -0.4 is 0 Å². The van der Waals surface area contributed by atoms with Crippen LogP contribution in [0.3, 0.4) is 0 Å². The minimum absolute atomic E-state index is 0.0211. The van der Waals surface area contributed by atoms with Crippen LogP contribution in [0.2, 0.25) is 0 Å². The van der Waals surface area contributed by atoms with Crippen LogP contribution in [0.1, 0.15) is 50.4 Å². The molecule has 1 unspecified atom stereocenters. The van der Waals surface area contributed by atoms with Crippen LogP contribution >= 0.6 is 11.8 Å². The molecule has 120 valence electrons. The van der Waals surface area contributed by atoms with E-state index in [1.165, 1.54) is 0 Å². The van der Waals surface area contributed by atoms with Gasteiger partial charge < -0.3 is 4.52 Å². The summed E-state index contributed by atoms with van der Waals surface area (Å²) in [6, 6.07) is 7.89. The van der Waals surface area contributed by atoms with Gasteiger partial charge in [-0.25, -0.2) is 9.97 Å². The van der Waals surface area contributed by atoms with Gasteiger partial charge in [-0.2, -0.15) is 4.98 Å². The molecule has 1 atom stereocenters. The van der Waals surface area contributed by atoms with E-state index in [1.54, 1.807) is 11.8 Å². The van der Waals surface area contributed by atoms with Gasteiger partial charge in [0, 0.05) is 5.41 Å². The van der Waals surface area contributed by atoms with Crippen molar-refractivity contribution in [2.24, 2.45) is 0 Å². The summed E-state index contributed by atoms with van der Waals surface area (Å²) in [5.41, 5.74) is 2.60. The van der Waals surface area contributed by atoms with Gasteiger partial charge in [0.15, 0.2) is 5.82 Å². The zero-order valence-electron chi connectivity index (χ0n) is 14.0. The number of fused-ring (bicyclic) bond motifs is 1. The van der Waals surface area contributed by atoms with Crippen molar-refractivity contribution in [2.45, 2.75) is 50.3 Å². The SMILES string of the molecule is Cc1nc2ccccc2nc1SC(C)c1nc(C(C)(C)C)no1. The fraction of sp³-hybridized carbons (Fsp3) is 0.412. The van der Waals surface area contributed by atoms with Gasteiger partial charge in [-0.3, -0.25) is 0 Å². The lowest BCUT2D eigenvalue weighted by Crippen LogP contribution is -2.13. The van der Waals surface area contributed by atoms with Crippen molar-refractivity contribution in [3.8, 4) is 0 Å². The highest BCUT2D eigenvalue weighted by atomic mass is 32.2. The van der Waals surface area contributed by atoms with Gasteiger partial charge in [-0.05, 0) is 26.0 Å². The summed E-state index contributed by atoms with van der Waals surface area (Å²) in [6.07, 6.45) is 0. The van der Waals surface area contributed by atoms with Crippen LogP contribution in [-0.2, 0) is 5.41 Å². The average Bonchev–Trinajstić information content (AvgIpc) is 2.98. The van der Waals surface area contributed by atoms with Crippen molar-refractivity contribution >= 4 is 22.8 Å². The van der Waals surface area contributed by atoms with Gasteiger partial charge in [-0.1, -0.05) is 49.8 Å². The van der Waals surface area contributed by atoms with Crippen LogP contribution in [0.5, 0.6) is 0 Å². The molecule has 0 spiro atoms. The molecule has 3 aromatic rings. The van der Waals surface area contributed by atoms with E-state index >= 15 is 0 Å². The Bertz CT molecular complexity index is 838. The standard InChI is InChI=1S/C17H20N4OS/c1-10-15(19-13-9-7-6-8-12(13)18-10)23-11(2)14-20-16(21-22-14)17(3,4)5/h6-9,11H,1-5H3. The van der Waals surface area contributed by atoms with Crippen LogP contribution in [-0.4, -0.2) is 20.1 Å². The zero-order valence-corrected chi connectivity index (χ0v) is 14.8. The van der Waals surface area contributed by atoms with E-state index in [9.17, 15) is 0 Å². The van der Waals surface area contributed by atoms with Gasteiger partial charge >= 0.3 is 0 Å². The quantitative estimate of drug-likeness (QED) is 0.661. The molecule has 0 aliphatic heterocycles. The maximum atomic E-state index is 5.42. The molecule has 0 amide bonds. The lowest BCUT2D eigenvalue weighted by atomic mass is 9.96. The molecule has 2 aromatic heterocycles. The topological polar surface area (TPSA) is 64.7 Å². The number of hydrogen-bond donors (Lipinski definition) is 0. The van der Waals surface area contributed by atoms with Crippen molar-refractivity contribution in [1.29, 1.82) is 0 Å². The number of aromatic nitrogens is 4. The van der Waals surface area contributed by atoms with E-state index < -0.39 is 0 Å². The Hall–Kier alpha value is -1.95. The first-order chi connectivity index (χ1) is 10.8. The summed E-state index contributed by atoms with van der Waals surface area (Å²) in [6.45, 7) is 10.2. The van der Waals surface area contributed by atoms with E-state index in [4.69, 9.17) is 9.51 Å². The molecular weight excluding hydrogens is 308 g/mol. The van der Waals surface area contributed by atoms with Gasteiger partial charge in [0.25, 0.3) is 0 Å². The van der Waals surface area contributed by atoms with Crippen molar-refractivity contribution in [2.75, 3.05) is 0 Å². The van der Waals surface area contributed by atoms with Gasteiger partial charge in [-0.15, -0.1) is 0 Å². The third kappa shape index (κ3) is 3.37. The molecule has 6 heteroatoms. The Morgan fingerprint density at radius 1 is 1.04 bits per heavy atom. The van der Waals surface area contributed by atoms with Gasteiger partial charge in [0.1, 0.15) is 5.03 Å². The number of benzene rings is 1. The summed E-state index contributed by atoms with van der Waals surface area (Å²) >= 11 is 1.59. The molecule has 0 aliphatic carbocycles. The van der Waals surface area contributed by atoms with E-state index in [1.807, 2.05) is 38.1 Å². The largest absolute Gasteiger partial charge is 0.338 e. The maximum Gasteiger partial charge on any atom is 0.239 e. The Balaban J connectivity index is 1.86. The normalized spacial score (nSPS) is 13.4. The Morgan fingerprint density at radius 3 is 2.30 bits per heavy atom. The smallest absolute Gasteiger partial charge is 0.239 e. The molecule has 0 radical (unpaired) electrons. The third-order valence-corrected chi connectivity index (χ3v) is 4.62. The highest BCUT2D eigenvalue weighted by Gasteiger charge is 2.24. The molecule has 5 nitrogen and oxygen atoms in total. The van der Waals surface area contributed by atoms with Crippen LogP contribution in [0.15, 0.2) is 33.8 Å². The van der Waals surface area contributed by atoms with Gasteiger partial charge in [0.2, 0.25) is 5.89 Å². The average molecular weight is 328 g/mol. The molecule has 3 rings (SSSR count). The van der Waals surface area contributed by atoms with E-state index in [0.29, 0.717) is 5.89 Å². The third-order valence-electron chi connectivity index (χ3n) is 3.45. The molecule has 23 heavy (non-hydrogen) atoms. The van der Waals surface area contributed by atoms with E-state index in [0.717, 1.165) is 27.6 Å². The lowest BCUT2D eigenvalue weighted by Gasteiger charge is -2.11. The first kappa shape index (κ1) is 15.9. The predicted molar refractivity (Wildman–Crippen MR) is 91.5 cm³/mol. The van der Waals surface area contributed by atoms with E-state index in [-0.39, 0.29) is 10.7 Å². The summed E-state index contributed by atoms with van der Waals surface area (Å²) in [5, 5.41) is 5.00. The monoisotopic (exact) mass is 328 g/mol. The zero-order chi connectivity index (χ0) is 16.6. The molecule has 0 aliphatic rings. The first-order valence-electron chi connectivity index (χ1n) is 7.59. The lowest BCUT2D eigenvalue weighted by molar-refractivity contribution is 0.364. The first-order valence-corrected chi connectivity index (χ1v) is 8.46. The maximum absolute atomic E-state index is 5.42. The summed E-state index contributed by atoms with van der Waals surface area (Å²) < 4.78 is 5.42. The van der Waals surface area contributed by atoms with Crippen LogP contribution in [0, 0.1) is 6.92 Å². The van der Waals surface area contributed by atoms with Gasteiger partial charge in [0.05, 0.1) is 22.0 Å². The number of nitrogens with zero attached hydrogens (tertiary/aromatic N) is 4. The Labute approximate surface area is 139 Å². The Kier molecular flexibility index (Phi) is 4.10. The van der Waals surface area contributed by atoms with Crippen molar-refractivity contribution in [3.05, 3.63) is 41.7 Å². The second-order valence-electron chi connectivity index (χ2n) is 6.57. The number of rotatable bonds is 3. The number of aryl methyl sites for hydroxylation is 1.